The summed E-state index contributed by atoms with van der Waals surface area (Å²) in [4.78, 5) is 20.9. The number of hydrogen-bond donors (Lipinski definition) is 3. The monoisotopic (exact) mass is 143 g/mol. The Balaban J connectivity index is 2.96. The van der Waals surface area contributed by atoms with E-state index >= 15 is 0 Å². The Kier molecular flexibility index (Phi) is 1.42. The lowest BCUT2D eigenvalue weighted by atomic mass is 10.2. The summed E-state index contributed by atoms with van der Waals surface area (Å²) in [5.41, 5.74) is -0.315. The van der Waals surface area contributed by atoms with Gasteiger partial charge in [-0.2, -0.15) is 0 Å². The van der Waals surface area contributed by atoms with Gasteiger partial charge in [0, 0.05) is 0 Å². The highest BCUT2D eigenvalue weighted by Crippen LogP contribution is 2.07. The summed E-state index contributed by atoms with van der Waals surface area (Å²) >= 11 is 0. The maximum absolute atomic E-state index is 10.5. The molecule has 0 aromatic carbocycles. The van der Waals surface area contributed by atoms with E-state index in [9.17, 15) is 9.59 Å². The molecular formula is C5H5NO4. The Hall–Kier alpha value is -1.36. The molecule has 0 aromatic heterocycles. The van der Waals surface area contributed by atoms with Crippen molar-refractivity contribution >= 4 is 11.7 Å². The number of ketones is 1. The van der Waals surface area contributed by atoms with Gasteiger partial charge in [-0.25, -0.2) is 0 Å². The Morgan fingerprint density at radius 1 is 1.50 bits per heavy atom. The standard InChI is InChI=1S/C5H5NO4/c7-1-2-3(8)5(10)6-4(2)9/h1,4,7,9H,(H,6,10). The number of amides is 1. The maximum atomic E-state index is 10.5. The lowest BCUT2D eigenvalue weighted by Gasteiger charge is -1.97. The number of aliphatic hydroxyl groups excluding tert-OH is 2. The van der Waals surface area contributed by atoms with Crippen LogP contribution >= 0.6 is 0 Å². The molecule has 54 valence electrons. The molecule has 1 unspecified atom stereocenters. The van der Waals surface area contributed by atoms with Crippen LogP contribution in [0.15, 0.2) is 11.8 Å². The van der Waals surface area contributed by atoms with Gasteiger partial charge in [0.25, 0.3) is 11.7 Å². The molecule has 10 heavy (non-hydrogen) atoms. The van der Waals surface area contributed by atoms with Crippen LogP contribution in [-0.4, -0.2) is 28.1 Å². The molecular weight excluding hydrogens is 138 g/mol. The zero-order valence-corrected chi connectivity index (χ0v) is 4.87. The van der Waals surface area contributed by atoms with Gasteiger partial charge in [0.1, 0.15) is 0 Å². The van der Waals surface area contributed by atoms with Crippen LogP contribution in [0.25, 0.3) is 0 Å². The van der Waals surface area contributed by atoms with Gasteiger partial charge in [-0.3, -0.25) is 9.59 Å². The number of nitrogens with one attached hydrogen (secondary N) is 1. The SMILES string of the molecule is O=C1NC(O)C(=CO)C1=O. The molecule has 0 aliphatic carbocycles. The smallest absolute Gasteiger partial charge is 0.294 e. The van der Waals surface area contributed by atoms with Gasteiger partial charge in [-0.15, -0.1) is 0 Å². The third-order valence-corrected chi connectivity index (χ3v) is 1.17. The summed E-state index contributed by atoms with van der Waals surface area (Å²) in [6, 6.07) is 0. The first-order valence-corrected chi connectivity index (χ1v) is 2.54. The molecule has 1 rings (SSSR count). The summed E-state index contributed by atoms with van der Waals surface area (Å²) in [5, 5.41) is 18.9. The molecule has 0 saturated carbocycles. The molecule has 1 atom stereocenters. The van der Waals surface area contributed by atoms with Crippen LogP contribution in [0.4, 0.5) is 0 Å². The quantitative estimate of drug-likeness (QED) is 0.217. The van der Waals surface area contributed by atoms with E-state index in [1.54, 1.807) is 0 Å². The third-order valence-electron chi connectivity index (χ3n) is 1.17. The lowest BCUT2D eigenvalue weighted by molar-refractivity contribution is -0.134. The molecule has 1 aliphatic rings. The van der Waals surface area contributed by atoms with Crippen molar-refractivity contribution in [2.75, 3.05) is 0 Å². The summed E-state index contributed by atoms with van der Waals surface area (Å²) < 4.78 is 0. The van der Waals surface area contributed by atoms with Gasteiger partial charge in [-0.1, -0.05) is 0 Å². The Labute approximate surface area is 56.0 Å². The van der Waals surface area contributed by atoms with Crippen molar-refractivity contribution in [1.82, 2.24) is 5.32 Å². The molecule has 1 heterocycles. The van der Waals surface area contributed by atoms with Gasteiger partial charge in [0.15, 0.2) is 6.23 Å². The molecule has 5 nitrogen and oxygen atoms in total. The maximum Gasteiger partial charge on any atom is 0.294 e. The topological polar surface area (TPSA) is 86.6 Å². The molecule has 0 aromatic rings. The zero-order valence-electron chi connectivity index (χ0n) is 4.87. The molecule has 1 saturated heterocycles. The summed E-state index contributed by atoms with van der Waals surface area (Å²) in [5.74, 6) is -1.79. The van der Waals surface area contributed by atoms with E-state index in [0.29, 0.717) is 6.26 Å². The molecule has 0 radical (unpaired) electrons. The highest BCUT2D eigenvalue weighted by atomic mass is 16.3. The number of carbonyl (C=O) groups is 2. The first kappa shape index (κ1) is 6.76. The van der Waals surface area contributed by atoms with Gasteiger partial charge in [-0.05, 0) is 0 Å². The second-order valence-electron chi connectivity index (χ2n) is 1.79. The second kappa shape index (κ2) is 2.11. The molecule has 1 aliphatic heterocycles. The average Bonchev–Trinajstić information content (AvgIpc) is 2.09. The normalized spacial score (nSPS) is 29.3. The highest BCUT2D eigenvalue weighted by Gasteiger charge is 2.34. The molecule has 5 heteroatoms. The van der Waals surface area contributed by atoms with Crippen LogP contribution in [0.3, 0.4) is 0 Å². The summed E-state index contributed by atoms with van der Waals surface area (Å²) in [7, 11) is 0. The fourth-order valence-electron chi connectivity index (χ4n) is 0.652. The number of rotatable bonds is 0. The van der Waals surface area contributed by atoms with Crippen LogP contribution < -0.4 is 5.32 Å². The highest BCUT2D eigenvalue weighted by molar-refractivity contribution is 6.45. The van der Waals surface area contributed by atoms with Crippen molar-refractivity contribution in [3.05, 3.63) is 11.8 Å². The van der Waals surface area contributed by atoms with Crippen LogP contribution in [0.1, 0.15) is 0 Å². The van der Waals surface area contributed by atoms with Gasteiger partial charge >= 0.3 is 0 Å². The van der Waals surface area contributed by atoms with Crippen molar-refractivity contribution in [3.8, 4) is 0 Å². The fourth-order valence-corrected chi connectivity index (χ4v) is 0.652. The van der Waals surface area contributed by atoms with E-state index in [2.05, 4.69) is 0 Å². The fraction of sp³-hybridized carbons (Fsp3) is 0.200. The van der Waals surface area contributed by atoms with Gasteiger partial charge in [0.05, 0.1) is 11.8 Å². The largest absolute Gasteiger partial charge is 0.515 e. The van der Waals surface area contributed by atoms with Crippen LogP contribution in [0, 0.1) is 0 Å². The van der Waals surface area contributed by atoms with Crippen molar-refractivity contribution < 1.29 is 19.8 Å². The van der Waals surface area contributed by atoms with Crippen LogP contribution in [0.5, 0.6) is 0 Å². The molecule has 0 spiro atoms. The average molecular weight is 143 g/mol. The Morgan fingerprint density at radius 2 is 2.10 bits per heavy atom. The summed E-state index contributed by atoms with van der Waals surface area (Å²) in [6.07, 6.45) is -0.935. The van der Waals surface area contributed by atoms with E-state index in [1.165, 1.54) is 0 Å². The minimum atomic E-state index is -1.36. The number of carbonyl (C=O) groups excluding carboxylic acids is 2. The summed E-state index contributed by atoms with van der Waals surface area (Å²) in [6.45, 7) is 0. The van der Waals surface area contributed by atoms with Crippen molar-refractivity contribution in [1.29, 1.82) is 0 Å². The molecule has 1 amide bonds. The van der Waals surface area contributed by atoms with E-state index in [4.69, 9.17) is 10.2 Å². The lowest BCUT2D eigenvalue weighted by Crippen LogP contribution is -2.25. The molecule has 0 bridgehead atoms. The second-order valence-corrected chi connectivity index (χ2v) is 1.79. The van der Waals surface area contributed by atoms with Crippen molar-refractivity contribution in [2.45, 2.75) is 6.23 Å². The molecule has 1 fully saturated rings. The number of aliphatic hydroxyl groups is 2. The minimum Gasteiger partial charge on any atom is -0.515 e. The minimum absolute atomic E-state index is 0.315. The van der Waals surface area contributed by atoms with Crippen LogP contribution in [-0.2, 0) is 9.59 Å². The predicted molar refractivity (Wildman–Crippen MR) is 29.9 cm³/mol. The Morgan fingerprint density at radius 3 is 2.30 bits per heavy atom. The van der Waals surface area contributed by atoms with E-state index in [0.717, 1.165) is 0 Å². The van der Waals surface area contributed by atoms with Crippen molar-refractivity contribution in [2.24, 2.45) is 0 Å². The zero-order chi connectivity index (χ0) is 7.72. The first-order valence-electron chi connectivity index (χ1n) is 2.54. The first-order chi connectivity index (χ1) is 4.66. The Bertz CT molecular complexity index is 220. The van der Waals surface area contributed by atoms with Gasteiger partial charge < -0.3 is 15.5 Å². The van der Waals surface area contributed by atoms with Crippen molar-refractivity contribution in [3.63, 3.8) is 0 Å². The van der Waals surface area contributed by atoms with E-state index < -0.39 is 17.9 Å². The molecule has 3 N–H and O–H groups in total. The van der Waals surface area contributed by atoms with Crippen LogP contribution in [0.2, 0.25) is 0 Å². The van der Waals surface area contributed by atoms with E-state index in [1.807, 2.05) is 5.32 Å². The van der Waals surface area contributed by atoms with Gasteiger partial charge in [0.2, 0.25) is 0 Å². The predicted octanol–water partition coefficient (Wildman–Crippen LogP) is -1.55. The third kappa shape index (κ3) is 0.763. The number of Topliss-reactive ketones (excluding diaryl/α,β-unsaturated/α-hetero) is 1. The number of hydrogen-bond acceptors (Lipinski definition) is 4. The van der Waals surface area contributed by atoms with E-state index in [-0.39, 0.29) is 5.57 Å².